The summed E-state index contributed by atoms with van der Waals surface area (Å²) in [4.78, 5) is 10.4. The maximum atomic E-state index is 10.4. The maximum Gasteiger partial charge on any atom is 1.00 e. The first kappa shape index (κ1) is 14.9. The Bertz CT molecular complexity index is 128. The molecule has 12 heavy (non-hydrogen) atoms. The summed E-state index contributed by atoms with van der Waals surface area (Å²) in [5.74, 6) is -1.01. The fourth-order valence-corrected chi connectivity index (χ4v) is 0.599. The standard InChI is InChI=1S/C6H14N2O3.Na.H/c1-2-11-5(6(9)10)8-4-3-7;;/h5,8H,2-4,7H2,1H3,(H,9,10);;/q;+1;-1. The largest absolute Gasteiger partial charge is 1.00 e. The molecule has 0 bridgehead atoms. The molecule has 0 aliphatic carbocycles. The Hall–Kier alpha value is 0.350. The number of aliphatic carboxylic acids is 1. The number of carboxylic acids is 1. The molecule has 0 aromatic carbocycles. The van der Waals surface area contributed by atoms with Gasteiger partial charge in [-0.2, -0.15) is 0 Å². The van der Waals surface area contributed by atoms with Crippen molar-refractivity contribution in [1.82, 2.24) is 5.32 Å². The molecular formula is C6H15N2NaO3. The van der Waals surface area contributed by atoms with Crippen molar-refractivity contribution in [2.24, 2.45) is 5.73 Å². The molecule has 6 heteroatoms. The van der Waals surface area contributed by atoms with Crippen LogP contribution in [0.2, 0.25) is 0 Å². The Morgan fingerprint density at radius 1 is 1.83 bits per heavy atom. The molecule has 0 amide bonds. The van der Waals surface area contributed by atoms with Gasteiger partial charge < -0.3 is 17.0 Å². The molecule has 1 unspecified atom stereocenters. The maximum absolute atomic E-state index is 10.4. The minimum Gasteiger partial charge on any atom is -1.00 e. The van der Waals surface area contributed by atoms with Crippen molar-refractivity contribution in [2.75, 3.05) is 19.7 Å². The Morgan fingerprint density at radius 2 is 2.42 bits per heavy atom. The van der Waals surface area contributed by atoms with Crippen LogP contribution in [0.25, 0.3) is 0 Å². The molecule has 0 aliphatic heterocycles. The molecule has 0 radical (unpaired) electrons. The fourth-order valence-electron chi connectivity index (χ4n) is 0.599. The van der Waals surface area contributed by atoms with Crippen LogP contribution in [0.5, 0.6) is 0 Å². The molecule has 0 aromatic rings. The summed E-state index contributed by atoms with van der Waals surface area (Å²) in [7, 11) is 0. The van der Waals surface area contributed by atoms with Crippen LogP contribution in [0, 0.1) is 0 Å². The summed E-state index contributed by atoms with van der Waals surface area (Å²) in [6.07, 6.45) is -0.927. The minimum atomic E-state index is -1.01. The van der Waals surface area contributed by atoms with E-state index >= 15 is 0 Å². The molecule has 0 aliphatic rings. The zero-order valence-corrected chi connectivity index (χ0v) is 9.54. The SMILES string of the molecule is CCOC(NCCN)C(=O)O.[H-].[Na+]. The van der Waals surface area contributed by atoms with Gasteiger partial charge in [-0.15, -0.1) is 0 Å². The van der Waals surface area contributed by atoms with Crippen LogP contribution in [-0.4, -0.2) is 37.0 Å². The van der Waals surface area contributed by atoms with Crippen molar-refractivity contribution >= 4 is 5.97 Å². The van der Waals surface area contributed by atoms with E-state index in [0.717, 1.165) is 0 Å². The number of hydrogen-bond donors (Lipinski definition) is 3. The van der Waals surface area contributed by atoms with Crippen molar-refractivity contribution in [3.8, 4) is 0 Å². The Kier molecular flexibility index (Phi) is 11.7. The van der Waals surface area contributed by atoms with Gasteiger partial charge in [0.05, 0.1) is 0 Å². The number of carboxylic acid groups (broad SMARTS) is 1. The number of nitrogens with one attached hydrogen (secondary N) is 1. The van der Waals surface area contributed by atoms with Crippen LogP contribution in [-0.2, 0) is 9.53 Å². The summed E-state index contributed by atoms with van der Waals surface area (Å²) >= 11 is 0. The first-order valence-electron chi connectivity index (χ1n) is 3.50. The van der Waals surface area contributed by atoms with Crippen molar-refractivity contribution in [3.63, 3.8) is 0 Å². The van der Waals surface area contributed by atoms with Crippen LogP contribution in [0.15, 0.2) is 0 Å². The van der Waals surface area contributed by atoms with Gasteiger partial charge >= 0.3 is 35.5 Å². The van der Waals surface area contributed by atoms with Gasteiger partial charge in [0, 0.05) is 19.7 Å². The van der Waals surface area contributed by atoms with Gasteiger partial charge in [0.1, 0.15) is 0 Å². The second kappa shape index (κ2) is 9.44. The Morgan fingerprint density at radius 3 is 2.75 bits per heavy atom. The van der Waals surface area contributed by atoms with E-state index in [2.05, 4.69) is 5.32 Å². The van der Waals surface area contributed by atoms with E-state index in [0.29, 0.717) is 19.7 Å². The van der Waals surface area contributed by atoms with Crippen molar-refractivity contribution in [3.05, 3.63) is 0 Å². The Balaban J connectivity index is -0.000000500. The topological polar surface area (TPSA) is 84.6 Å². The normalized spacial score (nSPS) is 11.8. The van der Waals surface area contributed by atoms with Gasteiger partial charge in [-0.05, 0) is 6.92 Å². The van der Waals surface area contributed by atoms with E-state index in [4.69, 9.17) is 15.6 Å². The van der Waals surface area contributed by atoms with Crippen LogP contribution in [0.1, 0.15) is 8.35 Å². The summed E-state index contributed by atoms with van der Waals surface area (Å²) < 4.78 is 4.84. The third-order valence-corrected chi connectivity index (χ3v) is 1.03. The average Bonchev–Trinajstić information content (AvgIpc) is 1.97. The van der Waals surface area contributed by atoms with Crippen molar-refractivity contribution in [1.29, 1.82) is 0 Å². The molecule has 0 rings (SSSR count). The van der Waals surface area contributed by atoms with Gasteiger partial charge in [0.15, 0.2) is 0 Å². The molecule has 68 valence electrons. The number of nitrogens with two attached hydrogens (primary N) is 1. The van der Waals surface area contributed by atoms with E-state index < -0.39 is 12.2 Å². The van der Waals surface area contributed by atoms with Gasteiger partial charge in [-0.25, -0.2) is 4.79 Å². The second-order valence-electron chi connectivity index (χ2n) is 1.92. The summed E-state index contributed by atoms with van der Waals surface area (Å²) in [6, 6.07) is 0. The van der Waals surface area contributed by atoms with Crippen LogP contribution < -0.4 is 40.6 Å². The van der Waals surface area contributed by atoms with E-state index in [1.54, 1.807) is 6.92 Å². The molecule has 0 heterocycles. The smallest absolute Gasteiger partial charge is 1.00 e. The van der Waals surface area contributed by atoms with Gasteiger partial charge in [-0.1, -0.05) is 0 Å². The molecule has 1 atom stereocenters. The van der Waals surface area contributed by atoms with Gasteiger partial charge in [0.2, 0.25) is 6.23 Å². The van der Waals surface area contributed by atoms with Crippen LogP contribution >= 0.6 is 0 Å². The predicted molar refractivity (Wildman–Crippen MR) is 41.2 cm³/mol. The number of hydrogen-bond acceptors (Lipinski definition) is 4. The predicted octanol–water partition coefficient (Wildman–Crippen LogP) is -3.90. The third-order valence-electron chi connectivity index (χ3n) is 1.03. The van der Waals surface area contributed by atoms with Gasteiger partial charge in [-0.3, -0.25) is 5.32 Å². The quantitative estimate of drug-likeness (QED) is 0.292. The molecule has 5 nitrogen and oxygen atoms in total. The summed E-state index contributed by atoms with van der Waals surface area (Å²) in [6.45, 7) is 2.95. The zero-order chi connectivity index (χ0) is 8.69. The van der Waals surface area contributed by atoms with E-state index in [1.807, 2.05) is 0 Å². The second-order valence-corrected chi connectivity index (χ2v) is 1.92. The third kappa shape index (κ3) is 7.02. The van der Waals surface area contributed by atoms with Crippen molar-refractivity contribution in [2.45, 2.75) is 13.2 Å². The molecular weight excluding hydrogens is 171 g/mol. The van der Waals surface area contributed by atoms with Crippen LogP contribution in [0.4, 0.5) is 0 Å². The summed E-state index contributed by atoms with van der Waals surface area (Å²) in [5, 5.41) is 11.1. The molecule has 0 aromatic heterocycles. The number of rotatable bonds is 6. The summed E-state index contributed by atoms with van der Waals surface area (Å²) in [5.41, 5.74) is 5.16. The average molecular weight is 186 g/mol. The molecule has 0 saturated heterocycles. The van der Waals surface area contributed by atoms with Crippen LogP contribution in [0.3, 0.4) is 0 Å². The Labute approximate surface area is 95.4 Å². The fraction of sp³-hybridized carbons (Fsp3) is 0.833. The van der Waals surface area contributed by atoms with E-state index in [1.165, 1.54) is 0 Å². The molecule has 0 spiro atoms. The van der Waals surface area contributed by atoms with E-state index in [-0.39, 0.29) is 31.0 Å². The minimum absolute atomic E-state index is 0. The monoisotopic (exact) mass is 186 g/mol. The van der Waals surface area contributed by atoms with E-state index in [9.17, 15) is 4.79 Å². The first-order chi connectivity index (χ1) is 5.22. The zero-order valence-electron chi connectivity index (χ0n) is 8.54. The first-order valence-corrected chi connectivity index (χ1v) is 3.50. The number of carbonyl (C=O) groups is 1. The van der Waals surface area contributed by atoms with Gasteiger partial charge in [0.25, 0.3) is 0 Å². The molecule has 0 saturated carbocycles. The molecule has 4 N–H and O–H groups in total. The molecule has 0 fully saturated rings. The number of ether oxygens (including phenoxy) is 1. The van der Waals surface area contributed by atoms with Crippen molar-refractivity contribution < 1.29 is 45.6 Å².